The smallest absolute Gasteiger partial charge is 0.00186 e. The summed E-state index contributed by atoms with van der Waals surface area (Å²) in [5.74, 6) is 1.71. The molecule has 0 heterocycles. The molecular weight excluding hydrogens is 184 g/mol. The second kappa shape index (κ2) is 7.24. The molecule has 1 rings (SSSR count). The van der Waals surface area contributed by atoms with Crippen molar-refractivity contribution in [3.63, 3.8) is 0 Å². The Balaban J connectivity index is 2.08. The van der Waals surface area contributed by atoms with Crippen molar-refractivity contribution in [3.05, 3.63) is 0 Å². The molecule has 0 aromatic rings. The number of nitrogens with zero attached hydrogens (tertiary/aromatic N) is 1. The number of rotatable bonds is 7. The summed E-state index contributed by atoms with van der Waals surface area (Å²) in [6, 6.07) is 0. The van der Waals surface area contributed by atoms with Gasteiger partial charge in [-0.3, -0.25) is 0 Å². The molecule has 0 bridgehead atoms. The lowest BCUT2D eigenvalue weighted by molar-refractivity contribution is 0.255. The summed E-state index contributed by atoms with van der Waals surface area (Å²) in [4.78, 5) is 2.47. The molecule has 0 saturated heterocycles. The molecule has 2 N–H and O–H groups in total. The van der Waals surface area contributed by atoms with Gasteiger partial charge in [0.1, 0.15) is 0 Å². The third-order valence-electron chi connectivity index (χ3n) is 3.87. The second-order valence-electron chi connectivity index (χ2n) is 5.21. The molecule has 1 atom stereocenters. The minimum atomic E-state index is 0.693. The van der Waals surface area contributed by atoms with E-state index >= 15 is 0 Å². The van der Waals surface area contributed by atoms with Crippen LogP contribution in [-0.4, -0.2) is 31.6 Å². The van der Waals surface area contributed by atoms with E-state index in [1.807, 2.05) is 0 Å². The molecule has 90 valence electrons. The van der Waals surface area contributed by atoms with E-state index in [1.165, 1.54) is 51.6 Å². The Hall–Kier alpha value is -0.0800. The molecule has 0 radical (unpaired) electrons. The molecule has 1 aliphatic rings. The predicted molar refractivity (Wildman–Crippen MR) is 66.9 cm³/mol. The van der Waals surface area contributed by atoms with Crippen molar-refractivity contribution in [3.8, 4) is 0 Å². The van der Waals surface area contributed by atoms with Crippen LogP contribution in [0.1, 0.15) is 45.4 Å². The van der Waals surface area contributed by atoms with Crippen molar-refractivity contribution in [2.45, 2.75) is 45.4 Å². The predicted octanol–water partition coefficient (Wildman–Crippen LogP) is 2.48. The lowest BCUT2D eigenvalue weighted by atomic mass is 10.0. The highest BCUT2D eigenvalue weighted by Gasteiger charge is 2.15. The van der Waals surface area contributed by atoms with Gasteiger partial charge in [0.15, 0.2) is 0 Å². The van der Waals surface area contributed by atoms with Crippen LogP contribution < -0.4 is 5.73 Å². The highest BCUT2D eigenvalue weighted by atomic mass is 15.1. The zero-order chi connectivity index (χ0) is 11.1. The molecule has 0 aromatic carbocycles. The average Bonchev–Trinajstić information content (AvgIpc) is 2.75. The lowest BCUT2D eigenvalue weighted by Crippen LogP contribution is -2.31. The number of hydrogen-bond acceptors (Lipinski definition) is 2. The SMILES string of the molecule is CCC(CN)CN(C)CCC1CCCC1. The average molecular weight is 212 g/mol. The normalized spacial score (nSPS) is 20.0. The van der Waals surface area contributed by atoms with Crippen LogP contribution in [0.4, 0.5) is 0 Å². The van der Waals surface area contributed by atoms with Gasteiger partial charge in [-0.15, -0.1) is 0 Å². The first kappa shape index (κ1) is 13.0. The molecule has 0 aromatic heterocycles. The number of hydrogen-bond donors (Lipinski definition) is 1. The van der Waals surface area contributed by atoms with E-state index in [9.17, 15) is 0 Å². The molecule has 0 aliphatic heterocycles. The zero-order valence-electron chi connectivity index (χ0n) is 10.5. The molecule has 1 fully saturated rings. The Bertz CT molecular complexity index is 149. The van der Waals surface area contributed by atoms with Gasteiger partial charge < -0.3 is 10.6 Å². The van der Waals surface area contributed by atoms with Crippen LogP contribution >= 0.6 is 0 Å². The van der Waals surface area contributed by atoms with E-state index < -0.39 is 0 Å². The van der Waals surface area contributed by atoms with Crippen molar-refractivity contribution in [1.29, 1.82) is 0 Å². The van der Waals surface area contributed by atoms with Gasteiger partial charge in [0.05, 0.1) is 0 Å². The van der Waals surface area contributed by atoms with Crippen LogP contribution in [0.3, 0.4) is 0 Å². The molecule has 0 spiro atoms. The van der Waals surface area contributed by atoms with E-state index in [1.54, 1.807) is 0 Å². The van der Waals surface area contributed by atoms with Crippen molar-refractivity contribution >= 4 is 0 Å². The Morgan fingerprint density at radius 2 is 2.00 bits per heavy atom. The van der Waals surface area contributed by atoms with E-state index in [4.69, 9.17) is 5.73 Å². The maximum absolute atomic E-state index is 5.72. The highest BCUT2D eigenvalue weighted by Crippen LogP contribution is 2.27. The Morgan fingerprint density at radius 1 is 1.33 bits per heavy atom. The summed E-state index contributed by atoms with van der Waals surface area (Å²) in [5.41, 5.74) is 5.72. The topological polar surface area (TPSA) is 29.3 Å². The number of nitrogens with two attached hydrogens (primary N) is 1. The molecule has 1 aliphatic carbocycles. The van der Waals surface area contributed by atoms with E-state index in [0.717, 1.165) is 12.5 Å². The highest BCUT2D eigenvalue weighted by molar-refractivity contribution is 4.70. The van der Waals surface area contributed by atoms with E-state index in [-0.39, 0.29) is 0 Å². The first-order valence-corrected chi connectivity index (χ1v) is 6.64. The van der Waals surface area contributed by atoms with Crippen LogP contribution in [0.15, 0.2) is 0 Å². The van der Waals surface area contributed by atoms with Gasteiger partial charge in [-0.05, 0) is 38.4 Å². The molecule has 1 saturated carbocycles. The quantitative estimate of drug-likeness (QED) is 0.702. The van der Waals surface area contributed by atoms with Crippen LogP contribution in [0.5, 0.6) is 0 Å². The fourth-order valence-corrected chi connectivity index (χ4v) is 2.60. The fraction of sp³-hybridized carbons (Fsp3) is 1.00. The maximum Gasteiger partial charge on any atom is 0.00186 e. The Morgan fingerprint density at radius 3 is 2.53 bits per heavy atom. The van der Waals surface area contributed by atoms with Gasteiger partial charge in [-0.1, -0.05) is 39.0 Å². The van der Waals surface area contributed by atoms with Crippen LogP contribution in [-0.2, 0) is 0 Å². The zero-order valence-corrected chi connectivity index (χ0v) is 10.5. The van der Waals surface area contributed by atoms with Crippen LogP contribution in [0.25, 0.3) is 0 Å². The van der Waals surface area contributed by atoms with Crippen molar-refractivity contribution < 1.29 is 0 Å². The van der Waals surface area contributed by atoms with Crippen molar-refractivity contribution in [1.82, 2.24) is 4.90 Å². The molecule has 15 heavy (non-hydrogen) atoms. The second-order valence-corrected chi connectivity index (χ2v) is 5.21. The summed E-state index contributed by atoms with van der Waals surface area (Å²) in [5, 5.41) is 0. The molecular formula is C13H28N2. The lowest BCUT2D eigenvalue weighted by Gasteiger charge is -2.23. The molecule has 0 amide bonds. The summed E-state index contributed by atoms with van der Waals surface area (Å²) < 4.78 is 0. The van der Waals surface area contributed by atoms with Crippen molar-refractivity contribution in [2.75, 3.05) is 26.7 Å². The third-order valence-corrected chi connectivity index (χ3v) is 3.87. The summed E-state index contributed by atoms with van der Waals surface area (Å²) in [6.45, 7) is 5.52. The summed E-state index contributed by atoms with van der Waals surface area (Å²) >= 11 is 0. The summed E-state index contributed by atoms with van der Waals surface area (Å²) in [7, 11) is 2.24. The van der Waals surface area contributed by atoms with Gasteiger partial charge in [0, 0.05) is 6.54 Å². The first-order chi connectivity index (χ1) is 7.26. The third kappa shape index (κ3) is 4.98. The van der Waals surface area contributed by atoms with Crippen LogP contribution in [0.2, 0.25) is 0 Å². The van der Waals surface area contributed by atoms with Crippen LogP contribution in [0, 0.1) is 11.8 Å². The Kier molecular flexibility index (Phi) is 6.26. The summed E-state index contributed by atoms with van der Waals surface area (Å²) in [6.07, 6.45) is 8.50. The molecule has 2 heteroatoms. The monoisotopic (exact) mass is 212 g/mol. The molecule has 1 unspecified atom stereocenters. The Labute approximate surface area is 95.2 Å². The van der Waals surface area contributed by atoms with Gasteiger partial charge in [-0.25, -0.2) is 0 Å². The largest absolute Gasteiger partial charge is 0.330 e. The minimum absolute atomic E-state index is 0.693. The van der Waals surface area contributed by atoms with Gasteiger partial charge in [0.2, 0.25) is 0 Å². The van der Waals surface area contributed by atoms with Gasteiger partial charge in [-0.2, -0.15) is 0 Å². The standard InChI is InChI=1S/C13H28N2/c1-3-12(10-14)11-15(2)9-8-13-6-4-5-7-13/h12-13H,3-11,14H2,1-2H3. The maximum atomic E-state index is 5.72. The fourth-order valence-electron chi connectivity index (χ4n) is 2.60. The van der Waals surface area contributed by atoms with Crippen molar-refractivity contribution in [2.24, 2.45) is 17.6 Å². The van der Waals surface area contributed by atoms with E-state index in [2.05, 4.69) is 18.9 Å². The molecule has 2 nitrogen and oxygen atoms in total. The first-order valence-electron chi connectivity index (χ1n) is 6.64. The van der Waals surface area contributed by atoms with Gasteiger partial charge in [0.25, 0.3) is 0 Å². The minimum Gasteiger partial charge on any atom is -0.330 e. The van der Waals surface area contributed by atoms with Gasteiger partial charge >= 0.3 is 0 Å². The van der Waals surface area contributed by atoms with E-state index in [0.29, 0.717) is 5.92 Å².